The average molecular weight is 399 g/mol. The predicted molar refractivity (Wildman–Crippen MR) is 113 cm³/mol. The van der Waals surface area contributed by atoms with Gasteiger partial charge in [0.05, 0.1) is 0 Å². The molecule has 28 heavy (non-hydrogen) atoms. The maximum atomic E-state index is 12.5. The smallest absolute Gasteiger partial charge is 0.251 e. The van der Waals surface area contributed by atoms with E-state index in [0.717, 1.165) is 40.1 Å². The minimum atomic E-state index is -0.0286. The van der Waals surface area contributed by atoms with E-state index in [1.807, 2.05) is 61.2 Å². The number of carbonyl (C=O) groups excluding carboxylic acids is 2. The lowest BCUT2D eigenvalue weighted by atomic mass is 10.0. The van der Waals surface area contributed by atoms with Crippen molar-refractivity contribution in [3.8, 4) is 0 Å². The van der Waals surface area contributed by atoms with Gasteiger partial charge in [-0.3, -0.25) is 9.59 Å². The van der Waals surface area contributed by atoms with Gasteiger partial charge in [-0.25, -0.2) is 0 Å². The molecule has 4 nitrogen and oxygen atoms in total. The summed E-state index contributed by atoms with van der Waals surface area (Å²) in [6.45, 7) is 5.29. The van der Waals surface area contributed by atoms with E-state index in [4.69, 9.17) is 11.6 Å². The van der Waals surface area contributed by atoms with Crippen molar-refractivity contribution in [3.05, 3.63) is 69.7 Å². The molecule has 148 valence electrons. The van der Waals surface area contributed by atoms with Crippen LogP contribution in [0.4, 0.5) is 0 Å². The van der Waals surface area contributed by atoms with Crippen LogP contribution in [0.2, 0.25) is 5.02 Å². The van der Waals surface area contributed by atoms with Gasteiger partial charge in [-0.2, -0.15) is 0 Å². The van der Waals surface area contributed by atoms with Crippen LogP contribution in [-0.4, -0.2) is 35.8 Å². The number of benzene rings is 2. The fourth-order valence-electron chi connectivity index (χ4n) is 3.57. The number of aryl methyl sites for hydroxylation is 3. The van der Waals surface area contributed by atoms with Gasteiger partial charge in [0.2, 0.25) is 5.91 Å². The van der Waals surface area contributed by atoms with Crippen molar-refractivity contribution in [1.29, 1.82) is 0 Å². The molecule has 0 spiro atoms. The van der Waals surface area contributed by atoms with Crippen LogP contribution in [0, 0.1) is 13.8 Å². The Bertz CT molecular complexity index is 857. The average Bonchev–Trinajstić information content (AvgIpc) is 2.69. The SMILES string of the molecule is Cc1ccc(CCC(=O)N2CCC(NC(=O)c3ccccc3C)CC2)cc1Cl. The van der Waals surface area contributed by atoms with E-state index in [2.05, 4.69) is 5.32 Å². The van der Waals surface area contributed by atoms with E-state index in [9.17, 15) is 9.59 Å². The number of halogens is 1. The van der Waals surface area contributed by atoms with Crippen LogP contribution < -0.4 is 5.32 Å². The van der Waals surface area contributed by atoms with Gasteiger partial charge in [-0.15, -0.1) is 0 Å². The van der Waals surface area contributed by atoms with Crippen LogP contribution in [0.3, 0.4) is 0 Å². The highest BCUT2D eigenvalue weighted by Crippen LogP contribution is 2.19. The van der Waals surface area contributed by atoms with Gasteiger partial charge in [0.25, 0.3) is 5.91 Å². The normalized spacial score (nSPS) is 14.8. The van der Waals surface area contributed by atoms with Crippen LogP contribution in [0.25, 0.3) is 0 Å². The quantitative estimate of drug-likeness (QED) is 0.815. The zero-order chi connectivity index (χ0) is 20.1. The molecule has 0 bridgehead atoms. The second-order valence-corrected chi connectivity index (χ2v) is 7.93. The summed E-state index contributed by atoms with van der Waals surface area (Å²) in [5.41, 5.74) is 3.83. The maximum absolute atomic E-state index is 12.5. The van der Waals surface area contributed by atoms with E-state index < -0.39 is 0 Å². The lowest BCUT2D eigenvalue weighted by molar-refractivity contribution is -0.132. The number of likely N-dealkylation sites (tertiary alicyclic amines) is 1. The second-order valence-electron chi connectivity index (χ2n) is 7.53. The molecule has 1 fully saturated rings. The minimum Gasteiger partial charge on any atom is -0.349 e. The molecule has 1 aliphatic heterocycles. The van der Waals surface area contributed by atoms with Gasteiger partial charge >= 0.3 is 0 Å². The topological polar surface area (TPSA) is 49.4 Å². The first-order valence-electron chi connectivity index (χ1n) is 9.83. The number of nitrogens with zero attached hydrogens (tertiary/aromatic N) is 1. The van der Waals surface area contributed by atoms with Crippen molar-refractivity contribution < 1.29 is 9.59 Å². The summed E-state index contributed by atoms with van der Waals surface area (Å²) >= 11 is 6.16. The Morgan fingerprint density at radius 1 is 1.07 bits per heavy atom. The molecular formula is C23H27ClN2O2. The van der Waals surface area contributed by atoms with E-state index in [0.29, 0.717) is 25.9 Å². The molecule has 2 amide bonds. The first-order valence-corrected chi connectivity index (χ1v) is 10.2. The standard InChI is InChI=1S/C23H27ClN2O2/c1-16-5-3-4-6-20(16)23(28)25-19-11-13-26(14-12-19)22(27)10-9-18-8-7-17(2)21(24)15-18/h3-8,15,19H,9-14H2,1-2H3,(H,25,28). The summed E-state index contributed by atoms with van der Waals surface area (Å²) in [6.07, 6.45) is 2.77. The zero-order valence-electron chi connectivity index (χ0n) is 16.5. The summed E-state index contributed by atoms with van der Waals surface area (Å²) < 4.78 is 0. The third kappa shape index (κ3) is 5.14. The fourth-order valence-corrected chi connectivity index (χ4v) is 3.77. The highest BCUT2D eigenvalue weighted by molar-refractivity contribution is 6.31. The molecule has 1 saturated heterocycles. The highest BCUT2D eigenvalue weighted by atomic mass is 35.5. The Hall–Kier alpha value is -2.33. The summed E-state index contributed by atoms with van der Waals surface area (Å²) in [4.78, 5) is 26.9. The molecule has 0 aliphatic carbocycles. The van der Waals surface area contributed by atoms with Gasteiger partial charge in [0, 0.05) is 36.1 Å². The molecule has 1 N–H and O–H groups in total. The number of hydrogen-bond donors (Lipinski definition) is 1. The van der Waals surface area contributed by atoms with Gasteiger partial charge in [0.1, 0.15) is 0 Å². The second kappa shape index (κ2) is 9.24. The number of amides is 2. The van der Waals surface area contributed by atoms with E-state index in [-0.39, 0.29) is 17.9 Å². The third-order valence-corrected chi connectivity index (χ3v) is 5.84. The van der Waals surface area contributed by atoms with Gasteiger partial charge in [-0.1, -0.05) is 41.9 Å². The number of hydrogen-bond acceptors (Lipinski definition) is 2. The third-order valence-electron chi connectivity index (χ3n) is 5.44. The Morgan fingerprint density at radius 2 is 1.79 bits per heavy atom. The molecular weight excluding hydrogens is 372 g/mol. The largest absolute Gasteiger partial charge is 0.349 e. The number of nitrogens with one attached hydrogen (secondary N) is 1. The predicted octanol–water partition coefficient (Wildman–Crippen LogP) is 4.31. The van der Waals surface area contributed by atoms with Crippen molar-refractivity contribution in [1.82, 2.24) is 10.2 Å². The number of carbonyl (C=O) groups is 2. The number of rotatable bonds is 5. The zero-order valence-corrected chi connectivity index (χ0v) is 17.3. The van der Waals surface area contributed by atoms with Crippen LogP contribution >= 0.6 is 11.6 Å². The molecule has 0 unspecified atom stereocenters. The molecule has 3 rings (SSSR count). The lowest BCUT2D eigenvalue weighted by Gasteiger charge is -2.32. The summed E-state index contributed by atoms with van der Waals surface area (Å²) in [5.74, 6) is 0.138. The van der Waals surface area contributed by atoms with E-state index >= 15 is 0 Å². The molecule has 0 saturated carbocycles. The molecule has 2 aromatic rings. The van der Waals surface area contributed by atoms with Crippen molar-refractivity contribution in [2.45, 2.75) is 45.6 Å². The Balaban J connectivity index is 1.45. The molecule has 0 radical (unpaired) electrons. The summed E-state index contributed by atoms with van der Waals surface area (Å²) in [6, 6.07) is 13.7. The lowest BCUT2D eigenvalue weighted by Crippen LogP contribution is -2.46. The van der Waals surface area contributed by atoms with E-state index in [1.54, 1.807) is 0 Å². The van der Waals surface area contributed by atoms with Crippen LogP contribution in [-0.2, 0) is 11.2 Å². The van der Waals surface area contributed by atoms with Crippen molar-refractivity contribution in [2.75, 3.05) is 13.1 Å². The number of piperidine rings is 1. The monoisotopic (exact) mass is 398 g/mol. The molecule has 0 atom stereocenters. The summed E-state index contributed by atoms with van der Waals surface area (Å²) in [7, 11) is 0. The van der Waals surface area contributed by atoms with Crippen molar-refractivity contribution in [2.24, 2.45) is 0 Å². The van der Waals surface area contributed by atoms with E-state index in [1.165, 1.54) is 0 Å². The van der Waals surface area contributed by atoms with Gasteiger partial charge < -0.3 is 10.2 Å². The van der Waals surface area contributed by atoms with Crippen LogP contribution in [0.5, 0.6) is 0 Å². The Morgan fingerprint density at radius 3 is 2.46 bits per heavy atom. The Kier molecular flexibility index (Phi) is 6.74. The molecule has 1 aliphatic rings. The van der Waals surface area contributed by atoms with Crippen LogP contribution in [0.15, 0.2) is 42.5 Å². The van der Waals surface area contributed by atoms with Gasteiger partial charge in [0.15, 0.2) is 0 Å². The van der Waals surface area contributed by atoms with Crippen molar-refractivity contribution >= 4 is 23.4 Å². The maximum Gasteiger partial charge on any atom is 0.251 e. The Labute approximate surface area is 171 Å². The molecule has 5 heteroatoms. The van der Waals surface area contributed by atoms with Gasteiger partial charge in [-0.05, 0) is 61.9 Å². The first-order chi connectivity index (χ1) is 13.4. The first kappa shape index (κ1) is 20.4. The fraction of sp³-hybridized carbons (Fsp3) is 0.391. The molecule has 0 aromatic heterocycles. The molecule has 2 aromatic carbocycles. The highest BCUT2D eigenvalue weighted by Gasteiger charge is 2.24. The summed E-state index contributed by atoms with van der Waals surface area (Å²) in [5, 5.41) is 3.86. The molecule has 1 heterocycles. The minimum absolute atomic E-state index is 0.0286. The van der Waals surface area contributed by atoms with Crippen LogP contribution in [0.1, 0.15) is 46.3 Å². The van der Waals surface area contributed by atoms with Crippen molar-refractivity contribution in [3.63, 3.8) is 0 Å².